The SMILES string of the molecule is CCNC(c1ccnc(C)n1)c1c(OC)cccc1OC. The number of rotatable bonds is 6. The van der Waals surface area contributed by atoms with E-state index >= 15 is 0 Å². The number of benzene rings is 1. The van der Waals surface area contributed by atoms with Crippen LogP contribution in [0, 0.1) is 6.92 Å². The topological polar surface area (TPSA) is 56.3 Å². The summed E-state index contributed by atoms with van der Waals surface area (Å²) in [6.07, 6.45) is 1.77. The molecule has 5 heteroatoms. The van der Waals surface area contributed by atoms with Crippen molar-refractivity contribution < 1.29 is 9.47 Å². The second kappa shape index (κ2) is 7.04. The van der Waals surface area contributed by atoms with Crippen LogP contribution in [-0.4, -0.2) is 30.7 Å². The van der Waals surface area contributed by atoms with Crippen molar-refractivity contribution in [2.45, 2.75) is 19.9 Å². The molecule has 0 radical (unpaired) electrons. The Hall–Kier alpha value is -2.14. The van der Waals surface area contributed by atoms with Crippen molar-refractivity contribution in [3.63, 3.8) is 0 Å². The monoisotopic (exact) mass is 287 g/mol. The predicted molar refractivity (Wildman–Crippen MR) is 81.8 cm³/mol. The fourth-order valence-electron chi connectivity index (χ4n) is 2.36. The largest absolute Gasteiger partial charge is 0.496 e. The van der Waals surface area contributed by atoms with Gasteiger partial charge in [-0.25, -0.2) is 9.97 Å². The molecule has 0 amide bonds. The molecule has 5 nitrogen and oxygen atoms in total. The fourth-order valence-corrected chi connectivity index (χ4v) is 2.36. The summed E-state index contributed by atoms with van der Waals surface area (Å²) < 4.78 is 11.0. The molecule has 2 aromatic rings. The average Bonchev–Trinajstić information content (AvgIpc) is 2.52. The standard InChI is InChI=1S/C16H21N3O2/c1-5-17-16(12-9-10-18-11(2)19-12)15-13(20-3)7-6-8-14(15)21-4/h6-10,16-17H,5H2,1-4H3. The Morgan fingerprint density at radius 3 is 2.33 bits per heavy atom. The van der Waals surface area contributed by atoms with Gasteiger partial charge in [-0.15, -0.1) is 0 Å². The Morgan fingerprint density at radius 2 is 1.81 bits per heavy atom. The van der Waals surface area contributed by atoms with Crippen molar-refractivity contribution in [2.75, 3.05) is 20.8 Å². The number of ether oxygens (including phenoxy) is 2. The lowest BCUT2D eigenvalue weighted by Gasteiger charge is -2.22. The summed E-state index contributed by atoms with van der Waals surface area (Å²) in [6.45, 7) is 4.74. The molecule has 0 aliphatic heterocycles. The first-order valence-corrected chi connectivity index (χ1v) is 6.95. The molecule has 1 aromatic heterocycles. The number of methoxy groups -OCH3 is 2. The van der Waals surface area contributed by atoms with Crippen LogP contribution in [0.15, 0.2) is 30.5 Å². The normalized spacial score (nSPS) is 12.0. The van der Waals surface area contributed by atoms with E-state index in [-0.39, 0.29) is 6.04 Å². The van der Waals surface area contributed by atoms with Crippen molar-refractivity contribution in [2.24, 2.45) is 0 Å². The molecule has 0 saturated heterocycles. The molecule has 21 heavy (non-hydrogen) atoms. The molecule has 0 aliphatic rings. The summed E-state index contributed by atoms with van der Waals surface area (Å²) in [5, 5.41) is 3.44. The highest BCUT2D eigenvalue weighted by atomic mass is 16.5. The highest BCUT2D eigenvalue weighted by molar-refractivity contribution is 5.49. The maximum absolute atomic E-state index is 5.50. The van der Waals surface area contributed by atoms with Gasteiger partial charge in [-0.2, -0.15) is 0 Å². The summed E-state index contributed by atoms with van der Waals surface area (Å²) in [7, 11) is 3.32. The first kappa shape index (κ1) is 15.3. The Balaban J connectivity index is 2.57. The summed E-state index contributed by atoms with van der Waals surface area (Å²) in [5.41, 5.74) is 1.84. The van der Waals surface area contributed by atoms with Crippen molar-refractivity contribution in [1.29, 1.82) is 0 Å². The van der Waals surface area contributed by atoms with Crippen molar-refractivity contribution in [3.8, 4) is 11.5 Å². The van der Waals surface area contributed by atoms with Gasteiger partial charge in [0.25, 0.3) is 0 Å². The van der Waals surface area contributed by atoms with Crippen LogP contribution in [0.25, 0.3) is 0 Å². The Morgan fingerprint density at radius 1 is 1.14 bits per heavy atom. The average molecular weight is 287 g/mol. The summed E-state index contributed by atoms with van der Waals surface area (Å²) >= 11 is 0. The summed E-state index contributed by atoms with van der Waals surface area (Å²) in [4.78, 5) is 8.69. The zero-order chi connectivity index (χ0) is 15.2. The van der Waals surface area contributed by atoms with Gasteiger partial charge in [0, 0.05) is 6.20 Å². The second-order valence-corrected chi connectivity index (χ2v) is 4.60. The van der Waals surface area contributed by atoms with Crippen molar-refractivity contribution in [1.82, 2.24) is 15.3 Å². The van der Waals surface area contributed by atoms with E-state index < -0.39 is 0 Å². The van der Waals surface area contributed by atoms with Crippen molar-refractivity contribution >= 4 is 0 Å². The number of nitrogens with zero attached hydrogens (tertiary/aromatic N) is 2. The molecule has 1 heterocycles. The van der Waals surface area contributed by atoms with Gasteiger partial charge in [0.15, 0.2) is 0 Å². The number of nitrogens with one attached hydrogen (secondary N) is 1. The third-order valence-electron chi connectivity index (χ3n) is 3.26. The van der Waals surface area contributed by atoms with Gasteiger partial charge in [-0.1, -0.05) is 13.0 Å². The lowest BCUT2D eigenvalue weighted by molar-refractivity contribution is 0.376. The number of aromatic nitrogens is 2. The van der Waals surface area contributed by atoms with Gasteiger partial charge in [-0.3, -0.25) is 0 Å². The van der Waals surface area contributed by atoms with Gasteiger partial charge in [0.2, 0.25) is 0 Å². The molecule has 0 aliphatic carbocycles. The maximum Gasteiger partial charge on any atom is 0.127 e. The van der Waals surface area contributed by atoms with Crippen LogP contribution in [0.3, 0.4) is 0 Å². The van der Waals surface area contributed by atoms with Crippen LogP contribution >= 0.6 is 0 Å². The van der Waals surface area contributed by atoms with E-state index in [1.807, 2.05) is 31.2 Å². The molecule has 1 atom stereocenters. The molecule has 1 unspecified atom stereocenters. The van der Waals surface area contributed by atoms with Gasteiger partial charge in [0.1, 0.15) is 17.3 Å². The highest BCUT2D eigenvalue weighted by Gasteiger charge is 2.23. The van der Waals surface area contributed by atoms with E-state index in [1.54, 1.807) is 20.4 Å². The minimum atomic E-state index is -0.109. The summed E-state index contributed by atoms with van der Waals surface area (Å²) in [6, 6.07) is 7.57. The third-order valence-corrected chi connectivity index (χ3v) is 3.26. The first-order chi connectivity index (χ1) is 10.2. The van der Waals surface area contributed by atoms with E-state index in [1.165, 1.54) is 0 Å². The number of hydrogen-bond acceptors (Lipinski definition) is 5. The van der Waals surface area contributed by atoms with Crippen molar-refractivity contribution in [3.05, 3.63) is 47.5 Å². The molecule has 0 saturated carbocycles. The molecule has 1 N–H and O–H groups in total. The van der Waals surface area contributed by atoms with Gasteiger partial charge < -0.3 is 14.8 Å². The Bertz CT molecular complexity index is 580. The molecule has 112 valence electrons. The van der Waals surface area contributed by atoms with Crippen LogP contribution in [-0.2, 0) is 0 Å². The molecule has 2 rings (SSSR count). The van der Waals surface area contributed by atoms with E-state index in [0.29, 0.717) is 0 Å². The zero-order valence-electron chi connectivity index (χ0n) is 12.9. The van der Waals surface area contributed by atoms with Crippen LogP contribution in [0.5, 0.6) is 11.5 Å². The molecule has 0 spiro atoms. The van der Waals surface area contributed by atoms with E-state index in [4.69, 9.17) is 9.47 Å². The molecule has 1 aromatic carbocycles. The minimum absolute atomic E-state index is 0.109. The van der Waals surface area contributed by atoms with Crippen LogP contribution in [0.4, 0.5) is 0 Å². The molecular weight excluding hydrogens is 266 g/mol. The van der Waals surface area contributed by atoms with Crippen LogP contribution in [0.2, 0.25) is 0 Å². The first-order valence-electron chi connectivity index (χ1n) is 6.95. The minimum Gasteiger partial charge on any atom is -0.496 e. The second-order valence-electron chi connectivity index (χ2n) is 4.60. The number of hydrogen-bond donors (Lipinski definition) is 1. The molecule has 0 bridgehead atoms. The van der Waals surface area contributed by atoms with Crippen LogP contribution in [0.1, 0.15) is 30.0 Å². The molecule has 0 fully saturated rings. The van der Waals surface area contributed by atoms with Crippen LogP contribution < -0.4 is 14.8 Å². The zero-order valence-corrected chi connectivity index (χ0v) is 12.9. The quantitative estimate of drug-likeness (QED) is 0.884. The van der Waals surface area contributed by atoms with Gasteiger partial charge >= 0.3 is 0 Å². The van der Waals surface area contributed by atoms with Gasteiger partial charge in [0.05, 0.1) is 31.5 Å². The van der Waals surface area contributed by atoms with E-state index in [0.717, 1.165) is 35.1 Å². The third kappa shape index (κ3) is 3.31. The fraction of sp³-hybridized carbons (Fsp3) is 0.375. The Labute approximate surface area is 125 Å². The summed E-state index contributed by atoms with van der Waals surface area (Å²) in [5.74, 6) is 2.29. The molecular formula is C16H21N3O2. The maximum atomic E-state index is 5.50. The number of aryl methyl sites for hydroxylation is 1. The van der Waals surface area contributed by atoms with Gasteiger partial charge in [-0.05, 0) is 31.7 Å². The highest BCUT2D eigenvalue weighted by Crippen LogP contribution is 2.36. The lowest BCUT2D eigenvalue weighted by Crippen LogP contribution is -2.24. The Kier molecular flexibility index (Phi) is 5.11. The lowest BCUT2D eigenvalue weighted by atomic mass is 10.0. The smallest absolute Gasteiger partial charge is 0.127 e. The van der Waals surface area contributed by atoms with E-state index in [9.17, 15) is 0 Å². The van der Waals surface area contributed by atoms with E-state index in [2.05, 4.69) is 22.2 Å². The predicted octanol–water partition coefficient (Wildman–Crippen LogP) is 2.50.